The van der Waals surface area contributed by atoms with Crippen molar-refractivity contribution < 1.29 is 19.4 Å². The van der Waals surface area contributed by atoms with Gasteiger partial charge in [-0.05, 0) is 0 Å². The SMILES string of the molecule is COc1nn(C)cc1C(=O)N1CCOC[C@H]1CO. The van der Waals surface area contributed by atoms with Crippen LogP contribution in [0.3, 0.4) is 0 Å². The minimum absolute atomic E-state index is 0.117. The molecular formula is C11H17N3O4. The molecule has 1 atom stereocenters. The van der Waals surface area contributed by atoms with Crippen LogP contribution in [0.2, 0.25) is 0 Å². The molecule has 1 saturated heterocycles. The summed E-state index contributed by atoms with van der Waals surface area (Å²) in [6.45, 7) is 1.17. The van der Waals surface area contributed by atoms with Crippen LogP contribution in [0.15, 0.2) is 6.20 Å². The first kappa shape index (κ1) is 12.8. The Bertz CT molecular complexity index is 432. The quantitative estimate of drug-likeness (QED) is 0.770. The lowest BCUT2D eigenvalue weighted by Gasteiger charge is -2.34. The van der Waals surface area contributed by atoms with Crippen molar-refractivity contribution in [3.63, 3.8) is 0 Å². The molecule has 0 unspecified atom stereocenters. The summed E-state index contributed by atoms with van der Waals surface area (Å²) in [5, 5.41) is 13.3. The Labute approximate surface area is 105 Å². The lowest BCUT2D eigenvalue weighted by atomic mass is 10.2. The van der Waals surface area contributed by atoms with E-state index in [0.29, 0.717) is 31.2 Å². The number of aliphatic hydroxyl groups excluding tert-OH is 1. The van der Waals surface area contributed by atoms with Crippen LogP contribution in [0.4, 0.5) is 0 Å². The fourth-order valence-electron chi connectivity index (χ4n) is 1.99. The Kier molecular flexibility index (Phi) is 3.83. The summed E-state index contributed by atoms with van der Waals surface area (Å²) >= 11 is 0. The van der Waals surface area contributed by atoms with Gasteiger partial charge in [-0.15, -0.1) is 5.10 Å². The number of aromatic nitrogens is 2. The van der Waals surface area contributed by atoms with Gasteiger partial charge >= 0.3 is 0 Å². The van der Waals surface area contributed by atoms with Crippen LogP contribution in [0, 0.1) is 0 Å². The molecule has 1 fully saturated rings. The van der Waals surface area contributed by atoms with Gasteiger partial charge in [0.1, 0.15) is 5.56 Å². The third-order valence-corrected chi connectivity index (χ3v) is 2.92. The van der Waals surface area contributed by atoms with Crippen molar-refractivity contribution in [2.75, 3.05) is 33.5 Å². The van der Waals surface area contributed by atoms with Crippen molar-refractivity contribution in [2.24, 2.45) is 7.05 Å². The number of morpholine rings is 1. The van der Waals surface area contributed by atoms with Crippen molar-refractivity contribution in [3.8, 4) is 5.88 Å². The number of ether oxygens (including phenoxy) is 2. The predicted octanol–water partition coefficient (Wildman–Crippen LogP) is -0.738. The lowest BCUT2D eigenvalue weighted by Crippen LogP contribution is -2.50. The fourth-order valence-corrected chi connectivity index (χ4v) is 1.99. The molecule has 0 aliphatic carbocycles. The van der Waals surface area contributed by atoms with Crippen LogP contribution < -0.4 is 4.74 Å². The molecule has 0 aromatic carbocycles. The minimum Gasteiger partial charge on any atom is -0.479 e. The maximum Gasteiger partial charge on any atom is 0.261 e. The molecular weight excluding hydrogens is 238 g/mol. The molecule has 2 rings (SSSR count). The minimum atomic E-state index is -0.309. The van der Waals surface area contributed by atoms with Crippen molar-refractivity contribution in [3.05, 3.63) is 11.8 Å². The molecule has 0 bridgehead atoms. The molecule has 0 saturated carbocycles. The van der Waals surface area contributed by atoms with E-state index in [0.717, 1.165) is 0 Å². The third kappa shape index (κ3) is 2.32. The van der Waals surface area contributed by atoms with Crippen LogP contribution in [-0.2, 0) is 11.8 Å². The van der Waals surface area contributed by atoms with Gasteiger partial charge in [0.05, 0.1) is 33.0 Å². The molecule has 7 heteroatoms. The normalized spacial score (nSPS) is 19.9. The highest BCUT2D eigenvalue weighted by atomic mass is 16.5. The van der Waals surface area contributed by atoms with E-state index in [4.69, 9.17) is 9.47 Å². The monoisotopic (exact) mass is 255 g/mol. The highest BCUT2D eigenvalue weighted by molar-refractivity contribution is 5.96. The molecule has 0 spiro atoms. The van der Waals surface area contributed by atoms with Gasteiger partial charge < -0.3 is 19.5 Å². The average Bonchev–Trinajstić information content (AvgIpc) is 2.79. The second kappa shape index (κ2) is 5.36. The Balaban J connectivity index is 2.23. The molecule has 100 valence electrons. The number of aryl methyl sites for hydroxylation is 1. The number of hydrogen-bond donors (Lipinski definition) is 1. The zero-order chi connectivity index (χ0) is 13.1. The summed E-state index contributed by atoms with van der Waals surface area (Å²) in [6.07, 6.45) is 1.62. The Morgan fingerprint density at radius 1 is 1.72 bits per heavy atom. The van der Waals surface area contributed by atoms with Gasteiger partial charge in [-0.3, -0.25) is 9.48 Å². The first-order valence-electron chi connectivity index (χ1n) is 5.74. The van der Waals surface area contributed by atoms with Crippen LogP contribution in [-0.4, -0.2) is 65.2 Å². The first-order chi connectivity index (χ1) is 8.67. The summed E-state index contributed by atoms with van der Waals surface area (Å²) in [4.78, 5) is 14.0. The van der Waals surface area contributed by atoms with Crippen molar-refractivity contribution in [1.29, 1.82) is 0 Å². The van der Waals surface area contributed by atoms with E-state index < -0.39 is 0 Å². The second-order valence-electron chi connectivity index (χ2n) is 4.14. The Morgan fingerprint density at radius 3 is 3.17 bits per heavy atom. The van der Waals surface area contributed by atoms with Gasteiger partial charge in [-0.25, -0.2) is 0 Å². The van der Waals surface area contributed by atoms with Gasteiger partial charge in [0.2, 0.25) is 5.88 Å². The van der Waals surface area contributed by atoms with Crippen LogP contribution in [0.25, 0.3) is 0 Å². The standard InChI is InChI=1S/C11H17N3O4/c1-13-5-9(10(12-13)17-2)11(16)14-3-4-18-7-8(14)6-15/h5,8,15H,3-4,6-7H2,1-2H3/t8-/m1/s1. The number of hydrogen-bond acceptors (Lipinski definition) is 5. The van der Waals surface area contributed by atoms with E-state index in [1.54, 1.807) is 18.1 Å². The van der Waals surface area contributed by atoms with E-state index in [9.17, 15) is 9.90 Å². The Hall–Kier alpha value is -1.60. The van der Waals surface area contributed by atoms with E-state index in [-0.39, 0.29) is 18.6 Å². The van der Waals surface area contributed by atoms with Crippen LogP contribution in [0.1, 0.15) is 10.4 Å². The van der Waals surface area contributed by atoms with Gasteiger partial charge in [0, 0.05) is 19.8 Å². The molecule has 1 N–H and O–H groups in total. The molecule has 2 heterocycles. The summed E-state index contributed by atoms with van der Waals surface area (Å²) < 4.78 is 11.8. The van der Waals surface area contributed by atoms with Crippen molar-refractivity contribution >= 4 is 5.91 Å². The Morgan fingerprint density at radius 2 is 2.50 bits per heavy atom. The zero-order valence-electron chi connectivity index (χ0n) is 10.5. The molecule has 0 radical (unpaired) electrons. The largest absolute Gasteiger partial charge is 0.479 e. The van der Waals surface area contributed by atoms with Gasteiger partial charge in [0.25, 0.3) is 5.91 Å². The third-order valence-electron chi connectivity index (χ3n) is 2.92. The first-order valence-corrected chi connectivity index (χ1v) is 5.74. The second-order valence-corrected chi connectivity index (χ2v) is 4.14. The number of carbonyl (C=O) groups is 1. The maximum absolute atomic E-state index is 12.4. The molecule has 1 aliphatic heterocycles. The smallest absolute Gasteiger partial charge is 0.261 e. The van der Waals surface area contributed by atoms with E-state index in [2.05, 4.69) is 5.10 Å². The lowest BCUT2D eigenvalue weighted by molar-refractivity contribution is -0.0185. The number of rotatable bonds is 3. The topological polar surface area (TPSA) is 76.8 Å². The van der Waals surface area contributed by atoms with Crippen molar-refractivity contribution in [1.82, 2.24) is 14.7 Å². The van der Waals surface area contributed by atoms with E-state index in [1.165, 1.54) is 11.8 Å². The van der Waals surface area contributed by atoms with Gasteiger partial charge in [-0.1, -0.05) is 0 Å². The molecule has 1 amide bonds. The average molecular weight is 255 g/mol. The summed E-state index contributed by atoms with van der Waals surface area (Å²) in [7, 11) is 3.20. The molecule has 1 aromatic heterocycles. The molecule has 1 aliphatic rings. The zero-order valence-corrected chi connectivity index (χ0v) is 10.5. The molecule has 18 heavy (non-hydrogen) atoms. The van der Waals surface area contributed by atoms with Gasteiger partial charge in [0.15, 0.2) is 0 Å². The highest BCUT2D eigenvalue weighted by Crippen LogP contribution is 2.19. The molecule has 7 nitrogen and oxygen atoms in total. The number of carbonyl (C=O) groups excluding carboxylic acids is 1. The number of amides is 1. The van der Waals surface area contributed by atoms with E-state index in [1.807, 2.05) is 0 Å². The number of nitrogens with zero attached hydrogens (tertiary/aromatic N) is 3. The van der Waals surface area contributed by atoms with Crippen molar-refractivity contribution in [2.45, 2.75) is 6.04 Å². The maximum atomic E-state index is 12.4. The predicted molar refractivity (Wildman–Crippen MR) is 62.5 cm³/mol. The number of methoxy groups -OCH3 is 1. The van der Waals surface area contributed by atoms with Gasteiger partial charge in [-0.2, -0.15) is 0 Å². The fraction of sp³-hybridized carbons (Fsp3) is 0.636. The number of aliphatic hydroxyl groups is 1. The summed E-state index contributed by atoms with van der Waals surface area (Å²) in [5.74, 6) is 0.105. The summed E-state index contributed by atoms with van der Waals surface area (Å²) in [5.41, 5.74) is 0.403. The van der Waals surface area contributed by atoms with Crippen LogP contribution in [0.5, 0.6) is 5.88 Å². The highest BCUT2D eigenvalue weighted by Gasteiger charge is 2.30. The summed E-state index contributed by atoms with van der Waals surface area (Å²) in [6, 6.07) is -0.309. The van der Waals surface area contributed by atoms with E-state index >= 15 is 0 Å². The van der Waals surface area contributed by atoms with Crippen LogP contribution >= 0.6 is 0 Å². The molecule has 1 aromatic rings.